The van der Waals surface area contributed by atoms with Crippen molar-refractivity contribution in [3.05, 3.63) is 11.3 Å². The van der Waals surface area contributed by atoms with E-state index in [0.29, 0.717) is 13.0 Å². The number of hydrogen-bond donors (Lipinski definition) is 1. The van der Waals surface area contributed by atoms with Gasteiger partial charge < -0.3 is 10.0 Å². The zero-order valence-corrected chi connectivity index (χ0v) is 13.5. The minimum Gasteiger partial charge on any atom is -0.511 e. The number of unbranched alkanes of at least 4 members (excludes halogenated alkanes) is 6. The molecule has 0 bridgehead atoms. The van der Waals surface area contributed by atoms with E-state index in [9.17, 15) is 14.7 Å². The summed E-state index contributed by atoms with van der Waals surface area (Å²) < 4.78 is 0. The first-order chi connectivity index (χ1) is 10.1. The minimum absolute atomic E-state index is 0.00263. The number of rotatable bonds is 10. The van der Waals surface area contributed by atoms with Crippen LogP contribution in [0.15, 0.2) is 11.3 Å². The molecule has 21 heavy (non-hydrogen) atoms. The molecule has 4 heteroatoms. The topological polar surface area (TPSA) is 57.6 Å². The van der Waals surface area contributed by atoms with Crippen molar-refractivity contribution in [2.75, 3.05) is 13.1 Å². The normalized spacial score (nSPS) is 17.7. The van der Waals surface area contributed by atoms with Gasteiger partial charge in [-0.15, -0.1) is 0 Å². The molecule has 1 aliphatic heterocycles. The number of carbonyl (C=O) groups excluding carboxylic acids is 2. The molecule has 1 saturated heterocycles. The summed E-state index contributed by atoms with van der Waals surface area (Å²) in [6, 6.07) is 0. The Morgan fingerprint density at radius 3 is 2.24 bits per heavy atom. The van der Waals surface area contributed by atoms with Gasteiger partial charge >= 0.3 is 0 Å². The summed E-state index contributed by atoms with van der Waals surface area (Å²) in [7, 11) is 0. The van der Waals surface area contributed by atoms with Gasteiger partial charge in [0, 0.05) is 13.0 Å². The smallest absolute Gasteiger partial charge is 0.261 e. The van der Waals surface area contributed by atoms with Crippen LogP contribution in [0.4, 0.5) is 0 Å². The summed E-state index contributed by atoms with van der Waals surface area (Å²) in [6.07, 6.45) is 8.86. The van der Waals surface area contributed by atoms with Gasteiger partial charge in [-0.05, 0) is 12.8 Å². The highest BCUT2D eigenvalue weighted by Gasteiger charge is 2.35. The van der Waals surface area contributed by atoms with Gasteiger partial charge in [-0.1, -0.05) is 52.4 Å². The molecule has 0 aliphatic carbocycles. The lowest BCUT2D eigenvalue weighted by molar-refractivity contribution is -0.125. The lowest BCUT2D eigenvalue weighted by Gasteiger charge is -2.13. The maximum atomic E-state index is 12.2. The minimum atomic E-state index is -0.274. The summed E-state index contributed by atoms with van der Waals surface area (Å²) in [5.41, 5.74) is 0.0435. The van der Waals surface area contributed by atoms with Gasteiger partial charge in [-0.2, -0.15) is 0 Å². The number of aliphatic hydroxyl groups excluding tert-OH is 1. The molecule has 120 valence electrons. The molecule has 0 spiro atoms. The Morgan fingerprint density at radius 2 is 1.62 bits per heavy atom. The Kier molecular flexibility index (Phi) is 8.09. The molecular weight excluding hydrogens is 266 g/mol. The van der Waals surface area contributed by atoms with Crippen molar-refractivity contribution in [3.8, 4) is 0 Å². The van der Waals surface area contributed by atoms with Gasteiger partial charge in [0.25, 0.3) is 5.91 Å². The molecule has 1 heterocycles. The molecule has 0 aromatic carbocycles. The van der Waals surface area contributed by atoms with Crippen LogP contribution in [0, 0.1) is 0 Å². The molecule has 1 N–H and O–H groups in total. The van der Waals surface area contributed by atoms with Crippen LogP contribution in [-0.4, -0.2) is 34.8 Å². The van der Waals surface area contributed by atoms with Crippen molar-refractivity contribution in [2.45, 2.75) is 71.6 Å². The molecule has 1 fully saturated rings. The Hall–Kier alpha value is -1.32. The highest BCUT2D eigenvalue weighted by atomic mass is 16.3. The summed E-state index contributed by atoms with van der Waals surface area (Å²) in [5, 5.41) is 10.0. The first kappa shape index (κ1) is 17.7. The summed E-state index contributed by atoms with van der Waals surface area (Å²) >= 11 is 0. The highest BCUT2D eigenvalue weighted by Crippen LogP contribution is 2.21. The number of allylic oxidation sites excluding steroid dienone is 1. The van der Waals surface area contributed by atoms with Crippen LogP contribution in [0.5, 0.6) is 0 Å². The zero-order valence-electron chi connectivity index (χ0n) is 13.5. The Bertz CT molecular complexity index is 387. The van der Waals surface area contributed by atoms with E-state index < -0.39 is 0 Å². The summed E-state index contributed by atoms with van der Waals surface area (Å²) in [5.74, 6) is -0.495. The first-order valence-corrected chi connectivity index (χ1v) is 8.36. The second kappa shape index (κ2) is 9.59. The molecule has 0 atom stereocenters. The van der Waals surface area contributed by atoms with Gasteiger partial charge in [0.15, 0.2) is 5.78 Å². The van der Waals surface area contributed by atoms with Gasteiger partial charge in [0.2, 0.25) is 0 Å². The Morgan fingerprint density at radius 1 is 1.00 bits per heavy atom. The van der Waals surface area contributed by atoms with Crippen molar-refractivity contribution >= 4 is 11.7 Å². The van der Waals surface area contributed by atoms with E-state index in [1.54, 1.807) is 4.90 Å². The van der Waals surface area contributed by atoms with Crippen molar-refractivity contribution in [1.82, 2.24) is 4.90 Å². The number of hydrogen-bond acceptors (Lipinski definition) is 3. The van der Waals surface area contributed by atoms with Gasteiger partial charge in [0.1, 0.15) is 11.3 Å². The van der Waals surface area contributed by atoms with Crippen LogP contribution in [0.3, 0.4) is 0 Å². The standard InChI is InChI=1S/C17H29NO3/c1-3-5-7-9-11-14(19)16-15(20)13-18(17(16)21)12-10-8-6-4-2/h19H,3-13H2,1-2H3/b16-14-. The van der Waals surface area contributed by atoms with E-state index in [4.69, 9.17) is 0 Å². The number of likely N-dealkylation sites (tertiary alicyclic amines) is 1. The number of ketones is 1. The van der Waals surface area contributed by atoms with E-state index in [1.165, 1.54) is 0 Å². The third-order valence-corrected chi connectivity index (χ3v) is 3.95. The number of Topliss-reactive ketones (excluding diaryl/α,β-unsaturated/α-hetero) is 1. The quantitative estimate of drug-likeness (QED) is 0.289. The molecule has 4 nitrogen and oxygen atoms in total. The zero-order chi connectivity index (χ0) is 15.7. The van der Waals surface area contributed by atoms with Crippen LogP contribution < -0.4 is 0 Å². The molecule has 0 unspecified atom stereocenters. The largest absolute Gasteiger partial charge is 0.511 e. The van der Waals surface area contributed by atoms with Crippen molar-refractivity contribution in [2.24, 2.45) is 0 Å². The molecule has 0 aromatic rings. The molecule has 0 saturated carbocycles. The lowest BCUT2D eigenvalue weighted by Crippen LogP contribution is -2.26. The second-order valence-corrected chi connectivity index (χ2v) is 5.84. The maximum Gasteiger partial charge on any atom is 0.261 e. The number of amides is 1. The number of carbonyl (C=O) groups is 2. The second-order valence-electron chi connectivity index (χ2n) is 5.84. The van der Waals surface area contributed by atoms with Crippen LogP contribution in [-0.2, 0) is 9.59 Å². The third-order valence-electron chi connectivity index (χ3n) is 3.95. The number of aliphatic hydroxyl groups is 1. The number of nitrogens with zero attached hydrogens (tertiary/aromatic N) is 1. The van der Waals surface area contributed by atoms with E-state index in [2.05, 4.69) is 13.8 Å². The average Bonchev–Trinajstić information content (AvgIpc) is 2.74. The molecule has 0 aromatic heterocycles. The average molecular weight is 295 g/mol. The highest BCUT2D eigenvalue weighted by molar-refractivity contribution is 6.25. The van der Waals surface area contributed by atoms with Crippen LogP contribution in [0.1, 0.15) is 71.6 Å². The monoisotopic (exact) mass is 295 g/mol. The fraction of sp³-hybridized carbons (Fsp3) is 0.765. The fourth-order valence-corrected chi connectivity index (χ4v) is 2.64. The molecule has 1 rings (SSSR count). The van der Waals surface area contributed by atoms with E-state index >= 15 is 0 Å². The maximum absolute atomic E-state index is 12.2. The Balaban J connectivity index is 2.50. The van der Waals surface area contributed by atoms with Gasteiger partial charge in [-0.25, -0.2) is 0 Å². The third kappa shape index (κ3) is 5.52. The summed E-state index contributed by atoms with van der Waals surface area (Å²) in [4.78, 5) is 25.7. The van der Waals surface area contributed by atoms with Gasteiger partial charge in [-0.3, -0.25) is 9.59 Å². The first-order valence-electron chi connectivity index (χ1n) is 8.36. The molecule has 0 radical (unpaired) electrons. The van der Waals surface area contributed by atoms with Gasteiger partial charge in [0.05, 0.1) is 6.54 Å². The Labute approximate surface area is 128 Å². The van der Waals surface area contributed by atoms with Crippen LogP contribution in [0.2, 0.25) is 0 Å². The van der Waals surface area contributed by atoms with Crippen molar-refractivity contribution in [3.63, 3.8) is 0 Å². The van der Waals surface area contributed by atoms with E-state index in [0.717, 1.165) is 51.4 Å². The van der Waals surface area contributed by atoms with E-state index in [-0.39, 0.29) is 29.6 Å². The lowest BCUT2D eigenvalue weighted by atomic mass is 10.1. The molecular formula is C17H29NO3. The van der Waals surface area contributed by atoms with Crippen LogP contribution in [0.25, 0.3) is 0 Å². The summed E-state index contributed by atoms with van der Waals surface area (Å²) in [6.45, 7) is 5.03. The molecule has 1 amide bonds. The SMILES string of the molecule is CCCCCC/C(O)=C1\C(=O)CN(CCCCCC)C1=O. The van der Waals surface area contributed by atoms with Crippen LogP contribution >= 0.6 is 0 Å². The predicted octanol–water partition coefficient (Wildman–Crippen LogP) is 3.76. The van der Waals surface area contributed by atoms with Crippen molar-refractivity contribution < 1.29 is 14.7 Å². The fourth-order valence-electron chi connectivity index (χ4n) is 2.64. The van der Waals surface area contributed by atoms with E-state index in [1.807, 2.05) is 0 Å². The van der Waals surface area contributed by atoms with Crippen molar-refractivity contribution in [1.29, 1.82) is 0 Å². The molecule has 1 aliphatic rings. The predicted molar refractivity (Wildman–Crippen MR) is 84.1 cm³/mol.